The first-order valence-electron chi connectivity index (χ1n) is 8.13. The molecule has 0 spiro atoms. The van der Waals surface area contributed by atoms with E-state index >= 15 is 0 Å². The fourth-order valence-electron chi connectivity index (χ4n) is 2.47. The number of hydrogen-bond donors (Lipinski definition) is 2. The molecule has 1 aromatic carbocycles. The summed E-state index contributed by atoms with van der Waals surface area (Å²) in [4.78, 5) is 24.9. The first-order chi connectivity index (χ1) is 13.4. The Morgan fingerprint density at radius 1 is 1.25 bits per heavy atom. The van der Waals surface area contributed by atoms with Crippen molar-refractivity contribution < 1.29 is 27.5 Å². The molecule has 0 aliphatic carbocycles. The monoisotopic (exact) mass is 390 g/mol. The van der Waals surface area contributed by atoms with E-state index in [4.69, 9.17) is 4.42 Å². The molecule has 0 atom stereocenters. The number of carbonyl (C=O) groups is 2. The maximum absolute atomic E-state index is 12.5. The number of nitrogens with zero attached hydrogens (tertiary/aromatic N) is 2. The van der Waals surface area contributed by atoms with Crippen LogP contribution in [-0.4, -0.2) is 28.2 Å². The fourth-order valence-corrected chi connectivity index (χ4v) is 2.47. The SMILES string of the molecule is Cn1ncc(NC(=O)c2cccc(OC(F)F)c2)c1C(=O)NCc1ccco1. The van der Waals surface area contributed by atoms with Crippen LogP contribution in [0.3, 0.4) is 0 Å². The van der Waals surface area contributed by atoms with Crippen LogP contribution in [0.15, 0.2) is 53.3 Å². The number of hydrogen-bond acceptors (Lipinski definition) is 5. The summed E-state index contributed by atoms with van der Waals surface area (Å²) in [5, 5.41) is 9.20. The van der Waals surface area contributed by atoms with E-state index in [1.807, 2.05) is 0 Å². The Hall–Kier alpha value is -3.69. The molecule has 3 aromatic rings. The third-order valence-electron chi connectivity index (χ3n) is 3.73. The molecule has 10 heteroatoms. The molecular weight excluding hydrogens is 374 g/mol. The number of rotatable bonds is 7. The summed E-state index contributed by atoms with van der Waals surface area (Å²) in [6, 6.07) is 8.73. The number of anilines is 1. The molecule has 0 saturated heterocycles. The number of ether oxygens (including phenoxy) is 1. The highest BCUT2D eigenvalue weighted by Gasteiger charge is 2.20. The summed E-state index contributed by atoms with van der Waals surface area (Å²) in [6.45, 7) is -2.83. The van der Waals surface area contributed by atoms with E-state index in [1.165, 1.54) is 41.4 Å². The van der Waals surface area contributed by atoms with E-state index in [9.17, 15) is 18.4 Å². The summed E-state index contributed by atoms with van der Waals surface area (Å²) in [5.41, 5.74) is 0.383. The minimum Gasteiger partial charge on any atom is -0.467 e. The lowest BCUT2D eigenvalue weighted by molar-refractivity contribution is -0.0498. The van der Waals surface area contributed by atoms with Crippen molar-refractivity contribution in [3.63, 3.8) is 0 Å². The maximum Gasteiger partial charge on any atom is 0.387 e. The number of benzene rings is 1. The molecule has 0 fully saturated rings. The Labute approximate surface area is 158 Å². The van der Waals surface area contributed by atoms with Crippen molar-refractivity contribution in [2.24, 2.45) is 7.05 Å². The van der Waals surface area contributed by atoms with Crippen LogP contribution in [0.4, 0.5) is 14.5 Å². The van der Waals surface area contributed by atoms with E-state index in [0.717, 1.165) is 0 Å². The van der Waals surface area contributed by atoms with Crippen molar-refractivity contribution in [3.05, 3.63) is 65.9 Å². The van der Waals surface area contributed by atoms with Gasteiger partial charge in [0, 0.05) is 12.6 Å². The first-order valence-corrected chi connectivity index (χ1v) is 8.13. The van der Waals surface area contributed by atoms with Gasteiger partial charge in [-0.15, -0.1) is 0 Å². The first kappa shape index (κ1) is 19.1. The lowest BCUT2D eigenvalue weighted by atomic mass is 10.2. The van der Waals surface area contributed by atoms with Crippen LogP contribution in [0, 0.1) is 0 Å². The van der Waals surface area contributed by atoms with Gasteiger partial charge in [0.15, 0.2) is 0 Å². The highest BCUT2D eigenvalue weighted by Crippen LogP contribution is 2.19. The average Bonchev–Trinajstić information content (AvgIpc) is 3.29. The Balaban J connectivity index is 1.72. The van der Waals surface area contributed by atoms with Crippen molar-refractivity contribution in [1.29, 1.82) is 0 Å². The zero-order valence-electron chi connectivity index (χ0n) is 14.7. The molecule has 0 bridgehead atoms. The van der Waals surface area contributed by atoms with Gasteiger partial charge in [-0.3, -0.25) is 14.3 Å². The van der Waals surface area contributed by atoms with Crippen LogP contribution in [0.5, 0.6) is 5.75 Å². The topological polar surface area (TPSA) is 98.4 Å². The van der Waals surface area contributed by atoms with Crippen molar-refractivity contribution in [3.8, 4) is 5.75 Å². The van der Waals surface area contributed by atoms with E-state index in [-0.39, 0.29) is 29.2 Å². The summed E-state index contributed by atoms with van der Waals surface area (Å²) in [5.74, 6) is -0.656. The Morgan fingerprint density at radius 3 is 2.79 bits per heavy atom. The van der Waals surface area contributed by atoms with E-state index in [2.05, 4.69) is 20.5 Å². The molecule has 2 aromatic heterocycles. The van der Waals surface area contributed by atoms with Crippen molar-refractivity contribution in [2.45, 2.75) is 13.2 Å². The minimum absolute atomic E-state index is 0.0870. The molecule has 0 aliphatic heterocycles. The number of alkyl halides is 2. The number of halogens is 2. The quantitative estimate of drug-likeness (QED) is 0.646. The zero-order chi connectivity index (χ0) is 20.1. The second kappa shape index (κ2) is 8.33. The Bertz CT molecular complexity index is 970. The molecule has 3 rings (SSSR count). The second-order valence-corrected chi connectivity index (χ2v) is 5.65. The van der Waals surface area contributed by atoms with Gasteiger partial charge >= 0.3 is 6.61 Å². The highest BCUT2D eigenvalue weighted by molar-refractivity contribution is 6.08. The maximum atomic E-state index is 12.5. The summed E-state index contributed by atoms with van der Waals surface area (Å²) < 4.78 is 35.4. The number of furan rings is 1. The molecule has 146 valence electrons. The van der Waals surface area contributed by atoms with E-state index in [0.29, 0.717) is 5.76 Å². The number of aryl methyl sites for hydroxylation is 1. The average molecular weight is 390 g/mol. The fraction of sp³-hybridized carbons (Fsp3) is 0.167. The molecule has 0 saturated carbocycles. The third-order valence-corrected chi connectivity index (χ3v) is 3.73. The van der Waals surface area contributed by atoms with Crippen molar-refractivity contribution in [1.82, 2.24) is 15.1 Å². The Kier molecular flexibility index (Phi) is 5.68. The van der Waals surface area contributed by atoms with Crippen LogP contribution in [0.1, 0.15) is 26.6 Å². The van der Waals surface area contributed by atoms with Crippen molar-refractivity contribution >= 4 is 17.5 Å². The summed E-state index contributed by atoms with van der Waals surface area (Å²) >= 11 is 0. The molecule has 2 heterocycles. The van der Waals surface area contributed by atoms with Gasteiger partial charge < -0.3 is 19.8 Å². The highest BCUT2D eigenvalue weighted by atomic mass is 19.3. The third kappa shape index (κ3) is 4.53. The largest absolute Gasteiger partial charge is 0.467 e. The van der Waals surface area contributed by atoms with Gasteiger partial charge in [-0.05, 0) is 30.3 Å². The van der Waals surface area contributed by atoms with Crippen LogP contribution in [-0.2, 0) is 13.6 Å². The van der Waals surface area contributed by atoms with E-state index in [1.54, 1.807) is 19.2 Å². The smallest absolute Gasteiger partial charge is 0.387 e. The standard InChI is InChI=1S/C18H16F2N4O4/c1-24-15(17(26)21-9-13-6-3-7-27-13)14(10-22-24)23-16(25)11-4-2-5-12(8-11)28-18(19)20/h2-8,10,18H,9H2,1H3,(H,21,26)(H,23,25). The zero-order valence-corrected chi connectivity index (χ0v) is 14.7. The van der Waals surface area contributed by atoms with Crippen molar-refractivity contribution in [2.75, 3.05) is 5.32 Å². The predicted octanol–water partition coefficient (Wildman–Crippen LogP) is 2.80. The van der Waals surface area contributed by atoms with Crippen LogP contribution >= 0.6 is 0 Å². The van der Waals surface area contributed by atoms with Gasteiger partial charge in [-0.25, -0.2) is 0 Å². The number of aromatic nitrogens is 2. The molecule has 8 nitrogen and oxygen atoms in total. The normalized spacial score (nSPS) is 10.7. The summed E-state index contributed by atoms with van der Waals surface area (Å²) in [6.07, 6.45) is 2.81. The number of nitrogens with one attached hydrogen (secondary N) is 2. The van der Waals surface area contributed by atoms with Gasteiger partial charge in [0.2, 0.25) is 0 Å². The van der Waals surface area contributed by atoms with Crippen LogP contribution in [0.25, 0.3) is 0 Å². The molecule has 0 unspecified atom stereocenters. The van der Waals surface area contributed by atoms with Crippen LogP contribution in [0.2, 0.25) is 0 Å². The van der Waals surface area contributed by atoms with Gasteiger partial charge in [-0.1, -0.05) is 6.07 Å². The van der Waals surface area contributed by atoms with Gasteiger partial charge in [0.05, 0.1) is 24.7 Å². The number of carbonyl (C=O) groups excluding carboxylic acids is 2. The second-order valence-electron chi connectivity index (χ2n) is 5.65. The molecule has 2 amide bonds. The van der Waals surface area contributed by atoms with Gasteiger partial charge in [0.25, 0.3) is 11.8 Å². The van der Waals surface area contributed by atoms with Gasteiger partial charge in [0.1, 0.15) is 17.2 Å². The van der Waals surface area contributed by atoms with Gasteiger partial charge in [-0.2, -0.15) is 13.9 Å². The summed E-state index contributed by atoms with van der Waals surface area (Å²) in [7, 11) is 1.55. The lowest BCUT2D eigenvalue weighted by Gasteiger charge is -2.09. The molecule has 0 radical (unpaired) electrons. The molecule has 28 heavy (non-hydrogen) atoms. The Morgan fingerprint density at radius 2 is 2.07 bits per heavy atom. The minimum atomic E-state index is -3.00. The lowest BCUT2D eigenvalue weighted by Crippen LogP contribution is -2.26. The molecule has 2 N–H and O–H groups in total. The molecule has 0 aliphatic rings. The number of amides is 2. The molecular formula is C18H16F2N4O4. The predicted molar refractivity (Wildman–Crippen MR) is 94.1 cm³/mol. The van der Waals surface area contributed by atoms with E-state index < -0.39 is 18.4 Å². The van der Waals surface area contributed by atoms with Crippen LogP contribution < -0.4 is 15.4 Å².